The molecule has 31 heavy (non-hydrogen) atoms. The van der Waals surface area contributed by atoms with E-state index < -0.39 is 0 Å². The second-order valence-corrected chi connectivity index (χ2v) is 8.13. The Kier molecular flexibility index (Phi) is 6.64. The molecule has 1 aromatic heterocycles. The molecule has 0 aliphatic heterocycles. The van der Waals surface area contributed by atoms with Crippen LogP contribution in [0.3, 0.4) is 0 Å². The average molecular weight is 433 g/mol. The second-order valence-electron chi connectivity index (χ2n) is 7.18. The molecule has 1 heterocycles. The molecule has 0 atom stereocenters. The summed E-state index contributed by atoms with van der Waals surface area (Å²) in [4.78, 5) is 12.7. The Morgan fingerprint density at radius 2 is 1.87 bits per heavy atom. The molecule has 0 saturated carbocycles. The molecule has 0 spiro atoms. The summed E-state index contributed by atoms with van der Waals surface area (Å²) in [5.74, 6) is 0.930. The van der Waals surface area contributed by atoms with Crippen molar-refractivity contribution in [2.75, 3.05) is 24.8 Å². The van der Waals surface area contributed by atoms with Gasteiger partial charge < -0.3 is 10.1 Å². The summed E-state index contributed by atoms with van der Waals surface area (Å²) in [6.07, 6.45) is 0. The highest BCUT2D eigenvalue weighted by Gasteiger charge is 2.16. The van der Waals surface area contributed by atoms with Gasteiger partial charge >= 0.3 is 0 Å². The first-order valence-corrected chi connectivity index (χ1v) is 11.0. The third kappa shape index (κ3) is 4.95. The number of anilines is 1. The van der Waals surface area contributed by atoms with E-state index >= 15 is 0 Å². The van der Waals surface area contributed by atoms with Crippen molar-refractivity contribution in [2.45, 2.75) is 18.6 Å². The lowest BCUT2D eigenvalue weighted by atomic mass is 10.1. The number of carbonyl (C=O) groups is 1. The molecule has 0 saturated heterocycles. The van der Waals surface area contributed by atoms with Gasteiger partial charge in [0, 0.05) is 23.7 Å². The van der Waals surface area contributed by atoms with Gasteiger partial charge in [-0.1, -0.05) is 71.9 Å². The third-order valence-corrected chi connectivity index (χ3v) is 5.87. The van der Waals surface area contributed by atoms with Gasteiger partial charge in [-0.05, 0) is 24.4 Å². The van der Waals surface area contributed by atoms with E-state index in [0.717, 1.165) is 33.4 Å². The minimum Gasteiger partial charge on any atom is -0.383 e. The highest BCUT2D eigenvalue weighted by Crippen LogP contribution is 2.26. The number of hydrogen-bond acceptors (Lipinski definition) is 5. The molecular weight excluding hydrogens is 408 g/mol. The Balaban J connectivity index is 1.50. The number of ether oxygens (including phenoxy) is 1. The van der Waals surface area contributed by atoms with E-state index in [-0.39, 0.29) is 11.7 Å². The number of hydrogen-bond donors (Lipinski definition) is 1. The normalized spacial score (nSPS) is 11.0. The highest BCUT2D eigenvalue weighted by molar-refractivity contribution is 7.99. The largest absolute Gasteiger partial charge is 0.383 e. The molecule has 0 unspecified atom stereocenters. The van der Waals surface area contributed by atoms with Crippen molar-refractivity contribution < 1.29 is 9.53 Å². The van der Waals surface area contributed by atoms with E-state index in [2.05, 4.69) is 21.6 Å². The van der Waals surface area contributed by atoms with Gasteiger partial charge in [0.2, 0.25) is 5.91 Å². The summed E-state index contributed by atoms with van der Waals surface area (Å²) >= 11 is 1.37. The number of methoxy groups -OCH3 is 1. The lowest BCUT2D eigenvalue weighted by Crippen LogP contribution is -2.15. The van der Waals surface area contributed by atoms with Crippen molar-refractivity contribution in [3.8, 4) is 11.4 Å². The Bertz CT molecular complexity index is 1200. The number of carbonyl (C=O) groups excluding carboxylic acids is 1. The summed E-state index contributed by atoms with van der Waals surface area (Å²) in [5.41, 5.74) is 2.96. The lowest BCUT2D eigenvalue weighted by molar-refractivity contribution is -0.113. The van der Waals surface area contributed by atoms with Crippen molar-refractivity contribution in [1.82, 2.24) is 14.8 Å². The van der Waals surface area contributed by atoms with Gasteiger partial charge in [-0.15, -0.1) is 10.2 Å². The van der Waals surface area contributed by atoms with Gasteiger partial charge in [0.15, 0.2) is 11.0 Å². The third-order valence-electron chi connectivity index (χ3n) is 4.91. The zero-order valence-corrected chi connectivity index (χ0v) is 18.4. The van der Waals surface area contributed by atoms with Crippen LogP contribution in [0.15, 0.2) is 71.9 Å². The topological polar surface area (TPSA) is 69.0 Å². The van der Waals surface area contributed by atoms with Crippen LogP contribution in [0.5, 0.6) is 0 Å². The quantitative estimate of drug-likeness (QED) is 0.406. The first kappa shape index (κ1) is 21.1. The molecular formula is C24H24N4O2S. The molecule has 1 N–H and O–H groups in total. The maximum atomic E-state index is 12.7. The van der Waals surface area contributed by atoms with Crippen LogP contribution in [0, 0.1) is 6.92 Å². The number of nitrogens with one attached hydrogen (secondary N) is 1. The first-order valence-electron chi connectivity index (χ1n) is 10.1. The number of benzene rings is 3. The van der Waals surface area contributed by atoms with Gasteiger partial charge in [-0.3, -0.25) is 9.36 Å². The molecule has 0 bridgehead atoms. The summed E-state index contributed by atoms with van der Waals surface area (Å²) in [6.45, 7) is 3.19. The van der Waals surface area contributed by atoms with Crippen LogP contribution in [0.1, 0.15) is 5.56 Å². The smallest absolute Gasteiger partial charge is 0.234 e. The molecule has 4 rings (SSSR count). The van der Waals surface area contributed by atoms with Crippen LogP contribution in [0.4, 0.5) is 5.69 Å². The van der Waals surface area contributed by atoms with Crippen molar-refractivity contribution in [1.29, 1.82) is 0 Å². The number of fused-ring (bicyclic) bond motifs is 1. The molecule has 158 valence electrons. The second kappa shape index (κ2) is 9.76. The van der Waals surface area contributed by atoms with Crippen molar-refractivity contribution in [3.63, 3.8) is 0 Å². The number of nitrogens with zero attached hydrogens (tertiary/aromatic N) is 3. The van der Waals surface area contributed by atoms with Crippen molar-refractivity contribution in [3.05, 3.63) is 72.3 Å². The monoisotopic (exact) mass is 432 g/mol. The van der Waals surface area contributed by atoms with Crippen LogP contribution >= 0.6 is 11.8 Å². The summed E-state index contributed by atoms with van der Waals surface area (Å²) in [7, 11) is 1.67. The predicted molar refractivity (Wildman–Crippen MR) is 125 cm³/mol. The van der Waals surface area contributed by atoms with Crippen LogP contribution in [-0.4, -0.2) is 40.1 Å². The number of aromatic nitrogens is 3. The first-order chi connectivity index (χ1) is 15.2. The molecule has 4 aromatic rings. The molecule has 0 radical (unpaired) electrons. The number of thioether (sulfide) groups is 1. The lowest BCUT2D eigenvalue weighted by Gasteiger charge is -2.11. The van der Waals surface area contributed by atoms with E-state index in [4.69, 9.17) is 4.74 Å². The zero-order valence-electron chi connectivity index (χ0n) is 17.5. The molecule has 0 aliphatic carbocycles. The molecule has 0 aliphatic rings. The molecule has 7 heteroatoms. The van der Waals surface area contributed by atoms with Crippen LogP contribution in [0.2, 0.25) is 0 Å². The minimum absolute atomic E-state index is 0.0836. The maximum Gasteiger partial charge on any atom is 0.234 e. The van der Waals surface area contributed by atoms with E-state index in [0.29, 0.717) is 18.3 Å². The van der Waals surface area contributed by atoms with Crippen LogP contribution < -0.4 is 5.32 Å². The fourth-order valence-corrected chi connectivity index (χ4v) is 4.19. The standard InChI is InChI=1S/C24H24N4O2S/c1-17-7-5-10-19(15-17)23-26-27-24(28(23)13-14-30-2)31-16-22(29)25-21-12-6-9-18-8-3-4-11-20(18)21/h3-12,15H,13-14,16H2,1-2H3,(H,25,29). The van der Waals surface area contributed by atoms with E-state index in [1.165, 1.54) is 11.8 Å². The Morgan fingerprint density at radius 3 is 2.71 bits per heavy atom. The van der Waals surface area contributed by atoms with Gasteiger partial charge in [0.05, 0.1) is 18.9 Å². The molecule has 1 amide bonds. The van der Waals surface area contributed by atoms with Crippen LogP contribution in [0.25, 0.3) is 22.2 Å². The summed E-state index contributed by atoms with van der Waals surface area (Å²) in [5, 5.41) is 14.6. The summed E-state index contributed by atoms with van der Waals surface area (Å²) in [6, 6.07) is 22.0. The Morgan fingerprint density at radius 1 is 1.06 bits per heavy atom. The highest BCUT2D eigenvalue weighted by atomic mass is 32.2. The molecule has 3 aromatic carbocycles. The predicted octanol–water partition coefficient (Wildman–Crippen LogP) is 4.78. The zero-order chi connectivity index (χ0) is 21.6. The number of rotatable bonds is 8. The fourth-order valence-electron chi connectivity index (χ4n) is 3.43. The summed E-state index contributed by atoms with van der Waals surface area (Å²) < 4.78 is 7.27. The van der Waals surface area contributed by atoms with Crippen molar-refractivity contribution in [2.24, 2.45) is 0 Å². The number of aryl methyl sites for hydroxylation is 1. The van der Waals surface area contributed by atoms with Crippen molar-refractivity contribution >= 4 is 34.1 Å². The van der Waals surface area contributed by atoms with Gasteiger partial charge in [-0.2, -0.15) is 0 Å². The van der Waals surface area contributed by atoms with Gasteiger partial charge in [0.1, 0.15) is 0 Å². The maximum absolute atomic E-state index is 12.7. The molecule has 6 nitrogen and oxygen atoms in total. The number of amides is 1. The van der Waals surface area contributed by atoms with E-state index in [1.807, 2.05) is 72.2 Å². The van der Waals surface area contributed by atoms with Gasteiger partial charge in [-0.25, -0.2) is 0 Å². The Hall–Kier alpha value is -3.16. The van der Waals surface area contributed by atoms with Gasteiger partial charge in [0.25, 0.3) is 0 Å². The van der Waals surface area contributed by atoms with E-state index in [1.54, 1.807) is 7.11 Å². The average Bonchev–Trinajstić information content (AvgIpc) is 3.19. The fraction of sp³-hybridized carbons (Fsp3) is 0.208. The Labute approximate surface area is 185 Å². The minimum atomic E-state index is -0.0836. The van der Waals surface area contributed by atoms with E-state index in [9.17, 15) is 4.79 Å². The SMILES string of the molecule is COCCn1c(SCC(=O)Nc2cccc3ccccc23)nnc1-c1cccc(C)c1. The van der Waals surface area contributed by atoms with Crippen LogP contribution in [-0.2, 0) is 16.1 Å². The molecule has 0 fully saturated rings.